The third-order valence-electron chi connectivity index (χ3n) is 3.25. The molecule has 1 aromatic rings. The number of rotatable bonds is 4. The minimum atomic E-state index is 0.0326. The summed E-state index contributed by atoms with van der Waals surface area (Å²) in [4.78, 5) is 14.0. The number of hydrogen-bond acceptors (Lipinski definition) is 2. The summed E-state index contributed by atoms with van der Waals surface area (Å²) in [6.45, 7) is 4.11. The van der Waals surface area contributed by atoms with E-state index in [1.807, 2.05) is 24.3 Å². The number of fused-ring (bicyclic) bond motifs is 1. The fourth-order valence-electron chi connectivity index (χ4n) is 2.07. The first-order chi connectivity index (χ1) is 7.72. The number of amides is 1. The van der Waals surface area contributed by atoms with Crippen LogP contribution >= 0.6 is 0 Å². The monoisotopic (exact) mass is 218 g/mol. The summed E-state index contributed by atoms with van der Waals surface area (Å²) in [5.74, 6) is 0.177. The van der Waals surface area contributed by atoms with E-state index in [-0.39, 0.29) is 11.8 Å². The van der Waals surface area contributed by atoms with Crippen LogP contribution < -0.4 is 5.32 Å². The Bertz CT molecular complexity index is 389. The molecule has 0 radical (unpaired) electrons. The SMILES string of the molecule is CCN(C)CCC1C(=O)Nc2ccccc21. The fraction of sp³-hybridized carbons (Fsp3) is 0.462. The van der Waals surface area contributed by atoms with Gasteiger partial charge in [-0.1, -0.05) is 25.1 Å². The second-order valence-electron chi connectivity index (χ2n) is 4.31. The van der Waals surface area contributed by atoms with Gasteiger partial charge in [-0.25, -0.2) is 0 Å². The van der Waals surface area contributed by atoms with Gasteiger partial charge >= 0.3 is 0 Å². The van der Waals surface area contributed by atoms with Gasteiger partial charge in [-0.15, -0.1) is 0 Å². The molecule has 1 amide bonds. The van der Waals surface area contributed by atoms with Crippen LogP contribution in [0.25, 0.3) is 0 Å². The Morgan fingerprint density at radius 3 is 2.88 bits per heavy atom. The maximum absolute atomic E-state index is 11.8. The number of carbonyl (C=O) groups excluding carboxylic acids is 1. The Balaban J connectivity index is 2.07. The summed E-state index contributed by atoms with van der Waals surface area (Å²) in [6.07, 6.45) is 0.896. The van der Waals surface area contributed by atoms with E-state index in [1.54, 1.807) is 0 Å². The highest BCUT2D eigenvalue weighted by Gasteiger charge is 2.29. The molecule has 86 valence electrons. The molecule has 0 fully saturated rings. The van der Waals surface area contributed by atoms with Gasteiger partial charge in [0.1, 0.15) is 0 Å². The Kier molecular flexibility index (Phi) is 3.25. The lowest BCUT2D eigenvalue weighted by atomic mass is 9.97. The summed E-state index contributed by atoms with van der Waals surface area (Å²) in [7, 11) is 2.08. The zero-order valence-electron chi connectivity index (χ0n) is 9.86. The number of benzene rings is 1. The van der Waals surface area contributed by atoms with Crippen molar-refractivity contribution in [2.24, 2.45) is 0 Å². The van der Waals surface area contributed by atoms with Crippen LogP contribution in [-0.2, 0) is 4.79 Å². The van der Waals surface area contributed by atoms with Crippen molar-refractivity contribution in [1.82, 2.24) is 4.90 Å². The zero-order chi connectivity index (χ0) is 11.5. The lowest BCUT2D eigenvalue weighted by molar-refractivity contribution is -0.117. The molecule has 0 saturated carbocycles. The molecule has 1 heterocycles. The molecule has 0 bridgehead atoms. The Morgan fingerprint density at radius 1 is 1.38 bits per heavy atom. The Labute approximate surface area is 96.5 Å². The molecule has 0 spiro atoms. The number of nitrogens with zero attached hydrogens (tertiary/aromatic N) is 1. The quantitative estimate of drug-likeness (QED) is 0.839. The van der Waals surface area contributed by atoms with Crippen molar-refractivity contribution in [2.45, 2.75) is 19.3 Å². The van der Waals surface area contributed by atoms with Crippen LogP contribution in [0.3, 0.4) is 0 Å². The molecule has 1 aliphatic heterocycles. The standard InChI is InChI=1S/C13H18N2O/c1-3-15(2)9-8-11-10-6-4-5-7-12(10)14-13(11)16/h4-7,11H,3,8-9H2,1-2H3,(H,14,16). The van der Waals surface area contributed by atoms with E-state index in [1.165, 1.54) is 0 Å². The van der Waals surface area contributed by atoms with Crippen LogP contribution in [0.1, 0.15) is 24.8 Å². The molecule has 1 unspecified atom stereocenters. The van der Waals surface area contributed by atoms with Gasteiger partial charge in [0.15, 0.2) is 0 Å². The van der Waals surface area contributed by atoms with Gasteiger partial charge in [-0.3, -0.25) is 4.79 Å². The van der Waals surface area contributed by atoms with E-state index < -0.39 is 0 Å². The zero-order valence-corrected chi connectivity index (χ0v) is 9.86. The second-order valence-corrected chi connectivity index (χ2v) is 4.31. The molecule has 3 nitrogen and oxygen atoms in total. The van der Waals surface area contributed by atoms with Crippen molar-refractivity contribution in [1.29, 1.82) is 0 Å². The van der Waals surface area contributed by atoms with Gasteiger partial charge in [-0.05, 0) is 38.2 Å². The van der Waals surface area contributed by atoms with E-state index in [0.717, 1.165) is 30.8 Å². The predicted molar refractivity (Wildman–Crippen MR) is 65.6 cm³/mol. The van der Waals surface area contributed by atoms with E-state index in [2.05, 4.69) is 24.2 Å². The third kappa shape index (κ3) is 2.09. The first-order valence-electron chi connectivity index (χ1n) is 5.80. The average Bonchev–Trinajstić information content (AvgIpc) is 2.62. The van der Waals surface area contributed by atoms with E-state index in [0.29, 0.717) is 0 Å². The number of anilines is 1. The van der Waals surface area contributed by atoms with Crippen LogP contribution in [0.4, 0.5) is 5.69 Å². The smallest absolute Gasteiger partial charge is 0.232 e. The summed E-state index contributed by atoms with van der Waals surface area (Å²) in [5.41, 5.74) is 2.13. The Hall–Kier alpha value is -1.35. The van der Waals surface area contributed by atoms with Gasteiger partial charge in [0, 0.05) is 5.69 Å². The lowest BCUT2D eigenvalue weighted by Gasteiger charge is -2.16. The minimum absolute atomic E-state index is 0.0326. The fourth-order valence-corrected chi connectivity index (χ4v) is 2.07. The highest BCUT2D eigenvalue weighted by molar-refractivity contribution is 6.02. The largest absolute Gasteiger partial charge is 0.325 e. The molecule has 16 heavy (non-hydrogen) atoms. The van der Waals surface area contributed by atoms with Crippen molar-refractivity contribution in [3.8, 4) is 0 Å². The molecule has 1 N–H and O–H groups in total. The van der Waals surface area contributed by atoms with Gasteiger partial charge in [0.05, 0.1) is 5.92 Å². The van der Waals surface area contributed by atoms with Crippen LogP contribution in [0.5, 0.6) is 0 Å². The van der Waals surface area contributed by atoms with E-state index >= 15 is 0 Å². The highest BCUT2D eigenvalue weighted by atomic mass is 16.2. The molecule has 2 rings (SSSR count). The number of carbonyl (C=O) groups is 1. The first-order valence-corrected chi connectivity index (χ1v) is 5.80. The van der Waals surface area contributed by atoms with Gasteiger partial charge in [0.25, 0.3) is 0 Å². The first kappa shape index (κ1) is 11.1. The van der Waals surface area contributed by atoms with Crippen LogP contribution in [-0.4, -0.2) is 30.9 Å². The lowest BCUT2D eigenvalue weighted by Crippen LogP contribution is -2.23. The average molecular weight is 218 g/mol. The van der Waals surface area contributed by atoms with E-state index in [4.69, 9.17) is 0 Å². The molecular weight excluding hydrogens is 200 g/mol. The van der Waals surface area contributed by atoms with Crippen molar-refractivity contribution in [2.75, 3.05) is 25.5 Å². The second kappa shape index (κ2) is 4.66. The van der Waals surface area contributed by atoms with E-state index in [9.17, 15) is 4.79 Å². The number of para-hydroxylation sites is 1. The van der Waals surface area contributed by atoms with Crippen molar-refractivity contribution < 1.29 is 4.79 Å². The van der Waals surface area contributed by atoms with Crippen molar-refractivity contribution in [3.63, 3.8) is 0 Å². The Morgan fingerprint density at radius 2 is 2.12 bits per heavy atom. The minimum Gasteiger partial charge on any atom is -0.325 e. The summed E-state index contributed by atoms with van der Waals surface area (Å²) >= 11 is 0. The molecule has 0 saturated heterocycles. The van der Waals surface area contributed by atoms with Gasteiger partial charge in [0.2, 0.25) is 5.91 Å². The molecule has 3 heteroatoms. The summed E-state index contributed by atoms with van der Waals surface area (Å²) in [6, 6.07) is 7.97. The molecular formula is C13H18N2O. The van der Waals surface area contributed by atoms with Crippen LogP contribution in [0.2, 0.25) is 0 Å². The molecule has 0 aromatic heterocycles. The summed E-state index contributed by atoms with van der Waals surface area (Å²) < 4.78 is 0. The number of nitrogens with one attached hydrogen (secondary N) is 1. The maximum Gasteiger partial charge on any atom is 0.232 e. The highest BCUT2D eigenvalue weighted by Crippen LogP contribution is 2.34. The summed E-state index contributed by atoms with van der Waals surface area (Å²) in [5, 5.41) is 2.93. The van der Waals surface area contributed by atoms with Gasteiger partial charge < -0.3 is 10.2 Å². The maximum atomic E-state index is 11.8. The van der Waals surface area contributed by atoms with Crippen LogP contribution in [0.15, 0.2) is 24.3 Å². The predicted octanol–water partition coefficient (Wildman–Crippen LogP) is 2.06. The molecule has 0 aliphatic carbocycles. The van der Waals surface area contributed by atoms with Crippen molar-refractivity contribution in [3.05, 3.63) is 29.8 Å². The third-order valence-corrected chi connectivity index (χ3v) is 3.25. The molecule has 1 atom stereocenters. The molecule has 1 aromatic carbocycles. The normalized spacial score (nSPS) is 18.7. The van der Waals surface area contributed by atoms with Gasteiger partial charge in [-0.2, -0.15) is 0 Å². The van der Waals surface area contributed by atoms with Crippen molar-refractivity contribution >= 4 is 11.6 Å². The van der Waals surface area contributed by atoms with Crippen LogP contribution in [0, 0.1) is 0 Å². The number of hydrogen-bond donors (Lipinski definition) is 1. The molecule has 1 aliphatic rings. The topological polar surface area (TPSA) is 32.3 Å².